The number of amides is 4. The minimum Gasteiger partial charge on any atom is -0.480 e. The number of carbonyl (C=O) groups is 5. The molecule has 0 spiro atoms. The lowest BCUT2D eigenvalue weighted by atomic mass is 10.1. The number of carboxylic acids is 1. The van der Waals surface area contributed by atoms with Gasteiger partial charge in [-0.2, -0.15) is 11.8 Å². The fraction of sp³-hybridized carbons (Fsp3) is 0.688. The van der Waals surface area contributed by atoms with Gasteiger partial charge in [0, 0.05) is 0 Å². The van der Waals surface area contributed by atoms with Gasteiger partial charge in [-0.3, -0.25) is 19.2 Å². The molecule has 12 nitrogen and oxygen atoms in total. The number of aliphatic carboxylic acids is 1. The molecule has 0 bridgehead atoms. The molecule has 0 rings (SSSR count). The van der Waals surface area contributed by atoms with E-state index in [1.54, 1.807) is 6.26 Å². The lowest BCUT2D eigenvalue weighted by Crippen LogP contribution is -2.58. The number of carboxylic acid groups (broad SMARTS) is 1. The number of carbonyl (C=O) groups excluding carboxylic acids is 4. The molecule has 0 aromatic heterocycles. The van der Waals surface area contributed by atoms with Gasteiger partial charge >= 0.3 is 5.97 Å². The van der Waals surface area contributed by atoms with Crippen molar-refractivity contribution in [2.24, 2.45) is 11.5 Å². The Morgan fingerprint density at radius 2 is 1.48 bits per heavy atom. The molecule has 5 unspecified atom stereocenters. The van der Waals surface area contributed by atoms with E-state index in [4.69, 9.17) is 16.6 Å². The predicted molar refractivity (Wildman–Crippen MR) is 106 cm³/mol. The summed E-state index contributed by atoms with van der Waals surface area (Å²) in [6.45, 7) is 2.59. The highest BCUT2D eigenvalue weighted by molar-refractivity contribution is 7.98. The Kier molecular flexibility index (Phi) is 11.9. The highest BCUT2D eigenvalue weighted by Gasteiger charge is 2.32. The Bertz CT molecular complexity index is 614. The van der Waals surface area contributed by atoms with Gasteiger partial charge in [0.05, 0.1) is 18.6 Å². The second-order valence-electron chi connectivity index (χ2n) is 6.43. The van der Waals surface area contributed by atoms with Crippen molar-refractivity contribution in [3.05, 3.63) is 0 Å². The summed E-state index contributed by atoms with van der Waals surface area (Å²) in [5.74, 6) is -4.28. The summed E-state index contributed by atoms with van der Waals surface area (Å²) >= 11 is 1.42. The van der Waals surface area contributed by atoms with Crippen LogP contribution in [0.15, 0.2) is 0 Å². The Labute approximate surface area is 172 Å². The van der Waals surface area contributed by atoms with Gasteiger partial charge in [-0.05, 0) is 32.3 Å². The van der Waals surface area contributed by atoms with Crippen molar-refractivity contribution in [3.8, 4) is 0 Å². The largest absolute Gasteiger partial charge is 0.480 e. The van der Waals surface area contributed by atoms with E-state index < -0.39 is 66.3 Å². The van der Waals surface area contributed by atoms with Crippen LogP contribution in [-0.4, -0.2) is 82.1 Å². The lowest BCUT2D eigenvalue weighted by molar-refractivity contribution is -0.145. The highest BCUT2D eigenvalue weighted by Crippen LogP contribution is 2.04. The number of rotatable bonds is 13. The average molecular weight is 436 g/mol. The number of thioether (sulfide) groups is 1. The minimum atomic E-state index is -1.65. The van der Waals surface area contributed by atoms with Crippen molar-refractivity contribution in [2.75, 3.05) is 12.0 Å². The maximum absolute atomic E-state index is 12.6. The monoisotopic (exact) mass is 435 g/mol. The first-order chi connectivity index (χ1) is 13.4. The number of hydrogen-bond donors (Lipinski definition) is 7. The number of nitrogens with two attached hydrogens (primary N) is 2. The Balaban J connectivity index is 5.39. The van der Waals surface area contributed by atoms with E-state index in [-0.39, 0.29) is 6.42 Å². The van der Waals surface area contributed by atoms with Crippen LogP contribution in [0.3, 0.4) is 0 Å². The normalized spacial score (nSPS) is 15.9. The number of primary amides is 1. The smallest absolute Gasteiger partial charge is 0.328 e. The van der Waals surface area contributed by atoms with Crippen LogP contribution in [0.25, 0.3) is 0 Å². The first-order valence-corrected chi connectivity index (χ1v) is 10.1. The second-order valence-corrected chi connectivity index (χ2v) is 7.41. The van der Waals surface area contributed by atoms with Crippen LogP contribution in [0.2, 0.25) is 0 Å². The number of hydrogen-bond acceptors (Lipinski definition) is 8. The zero-order valence-corrected chi connectivity index (χ0v) is 17.3. The summed E-state index contributed by atoms with van der Waals surface area (Å²) in [4.78, 5) is 59.2. The van der Waals surface area contributed by atoms with Gasteiger partial charge in [0.15, 0.2) is 6.04 Å². The maximum Gasteiger partial charge on any atom is 0.328 e. The van der Waals surface area contributed by atoms with Crippen molar-refractivity contribution >= 4 is 41.4 Å². The summed E-state index contributed by atoms with van der Waals surface area (Å²) in [6, 6.07) is -5.05. The quantitative estimate of drug-likeness (QED) is 0.155. The van der Waals surface area contributed by atoms with E-state index >= 15 is 0 Å². The third-order valence-corrected chi connectivity index (χ3v) is 4.39. The molecule has 0 aliphatic carbocycles. The van der Waals surface area contributed by atoms with Crippen molar-refractivity contribution in [3.63, 3.8) is 0 Å². The van der Waals surface area contributed by atoms with Gasteiger partial charge in [-0.1, -0.05) is 0 Å². The molecule has 0 aliphatic rings. The molecular weight excluding hydrogens is 406 g/mol. The van der Waals surface area contributed by atoms with E-state index in [0.717, 1.165) is 6.92 Å². The van der Waals surface area contributed by atoms with E-state index in [1.807, 2.05) is 5.32 Å². The fourth-order valence-corrected chi connectivity index (χ4v) is 2.60. The average Bonchev–Trinajstić information content (AvgIpc) is 2.60. The fourth-order valence-electron chi connectivity index (χ4n) is 2.13. The van der Waals surface area contributed by atoms with Crippen LogP contribution in [0.1, 0.15) is 26.7 Å². The molecule has 0 aromatic carbocycles. The van der Waals surface area contributed by atoms with Gasteiger partial charge in [-0.15, -0.1) is 0 Å². The molecule has 9 N–H and O–H groups in total. The highest BCUT2D eigenvalue weighted by atomic mass is 32.2. The first-order valence-electron chi connectivity index (χ1n) is 8.75. The molecule has 13 heteroatoms. The van der Waals surface area contributed by atoms with Crippen molar-refractivity contribution in [1.29, 1.82) is 0 Å². The molecule has 0 aliphatic heterocycles. The van der Waals surface area contributed by atoms with Crippen molar-refractivity contribution < 1.29 is 34.2 Å². The molecule has 166 valence electrons. The zero-order valence-electron chi connectivity index (χ0n) is 16.5. The van der Waals surface area contributed by atoms with Crippen LogP contribution < -0.4 is 27.4 Å². The van der Waals surface area contributed by atoms with Gasteiger partial charge < -0.3 is 37.6 Å². The maximum atomic E-state index is 12.6. The first kappa shape index (κ1) is 26.6. The molecular formula is C16H29N5O7S. The Morgan fingerprint density at radius 1 is 0.966 bits per heavy atom. The summed E-state index contributed by atoms with van der Waals surface area (Å²) < 4.78 is 0. The molecule has 0 saturated heterocycles. The van der Waals surface area contributed by atoms with Crippen LogP contribution in [0.4, 0.5) is 0 Å². The van der Waals surface area contributed by atoms with Gasteiger partial charge in [0.1, 0.15) is 12.1 Å². The summed E-state index contributed by atoms with van der Waals surface area (Å²) in [7, 11) is 0. The summed E-state index contributed by atoms with van der Waals surface area (Å²) in [5, 5.41) is 25.3. The SMILES string of the molecule is CSCCC(NC(=O)C(C)N)C(=O)NC(CC(N)=O)C(=O)NC(C(=O)O)C(C)O. The molecule has 29 heavy (non-hydrogen) atoms. The summed E-state index contributed by atoms with van der Waals surface area (Å²) in [5.41, 5.74) is 10.6. The topological polar surface area (TPSA) is 214 Å². The van der Waals surface area contributed by atoms with Crippen LogP contribution in [0.5, 0.6) is 0 Å². The third-order valence-electron chi connectivity index (χ3n) is 3.74. The molecule has 0 aromatic rings. The molecule has 0 radical (unpaired) electrons. The molecule has 0 heterocycles. The zero-order chi connectivity index (χ0) is 22.7. The van der Waals surface area contributed by atoms with Crippen molar-refractivity contribution in [1.82, 2.24) is 16.0 Å². The van der Waals surface area contributed by atoms with Gasteiger partial charge in [0.2, 0.25) is 23.6 Å². The lowest BCUT2D eigenvalue weighted by Gasteiger charge is -2.25. The number of aliphatic hydroxyl groups excluding tert-OH is 1. The molecule has 4 amide bonds. The Hall–Kier alpha value is -2.38. The number of aliphatic hydroxyl groups is 1. The van der Waals surface area contributed by atoms with Crippen LogP contribution in [0, 0.1) is 0 Å². The van der Waals surface area contributed by atoms with Crippen LogP contribution in [-0.2, 0) is 24.0 Å². The molecule has 0 saturated carbocycles. The second kappa shape index (κ2) is 13.0. The number of nitrogens with one attached hydrogen (secondary N) is 3. The van der Waals surface area contributed by atoms with E-state index in [2.05, 4.69) is 10.6 Å². The minimum absolute atomic E-state index is 0.224. The van der Waals surface area contributed by atoms with E-state index in [1.165, 1.54) is 18.7 Å². The summed E-state index contributed by atoms with van der Waals surface area (Å²) in [6.07, 6.45) is -0.0171. The van der Waals surface area contributed by atoms with Crippen molar-refractivity contribution in [2.45, 2.75) is 57.0 Å². The predicted octanol–water partition coefficient (Wildman–Crippen LogP) is -3.12. The van der Waals surface area contributed by atoms with Gasteiger partial charge in [0.25, 0.3) is 0 Å². The van der Waals surface area contributed by atoms with Gasteiger partial charge in [-0.25, -0.2) is 4.79 Å². The Morgan fingerprint density at radius 3 is 1.90 bits per heavy atom. The standard InChI is InChI=1S/C16H29N5O7S/c1-7(17)13(24)19-9(4-5-29-3)14(25)20-10(6-11(18)23)15(26)21-12(8(2)22)16(27)28/h7-10,12,22H,4-6,17H2,1-3H3,(H2,18,23)(H,19,24)(H,20,25)(H,21,26)(H,27,28). The molecule has 0 fully saturated rings. The third kappa shape index (κ3) is 10.1. The van der Waals surface area contributed by atoms with E-state index in [9.17, 15) is 29.1 Å². The van der Waals surface area contributed by atoms with Crippen LogP contribution >= 0.6 is 11.8 Å². The van der Waals surface area contributed by atoms with E-state index in [0.29, 0.717) is 5.75 Å². The molecule has 5 atom stereocenters.